The van der Waals surface area contributed by atoms with Crippen LogP contribution in [0.5, 0.6) is 0 Å². The van der Waals surface area contributed by atoms with Crippen molar-refractivity contribution < 1.29 is 0 Å². The number of hydrogen-bond donors (Lipinski definition) is 1. The van der Waals surface area contributed by atoms with E-state index < -0.39 is 0 Å². The van der Waals surface area contributed by atoms with Crippen LogP contribution < -0.4 is 5.32 Å². The summed E-state index contributed by atoms with van der Waals surface area (Å²) in [7, 11) is 0. The molecule has 2 fully saturated rings. The summed E-state index contributed by atoms with van der Waals surface area (Å²) in [6.45, 7) is 0. The van der Waals surface area contributed by atoms with Gasteiger partial charge in [0, 0.05) is 29.0 Å². The lowest BCUT2D eigenvalue weighted by atomic mass is 9.85. The highest BCUT2D eigenvalue weighted by molar-refractivity contribution is 6.31. The molecule has 4 aliphatic rings. The Balaban J connectivity index is 1.47. The largest absolute Gasteiger partial charge is 0.306 e. The number of alkyl halides is 1. The number of rotatable bonds is 2. The van der Waals surface area contributed by atoms with Crippen LogP contribution in [0.15, 0.2) is 33.5 Å². The van der Waals surface area contributed by atoms with Gasteiger partial charge in [0.15, 0.2) is 0 Å². The van der Waals surface area contributed by atoms with E-state index in [0.717, 1.165) is 11.5 Å². The molecule has 0 saturated heterocycles. The zero-order chi connectivity index (χ0) is 12.3. The summed E-state index contributed by atoms with van der Waals surface area (Å²) in [6, 6.07) is 1.59. The predicted molar refractivity (Wildman–Crippen MR) is 72.1 cm³/mol. The first kappa shape index (κ1) is 11.4. The Bertz CT molecular complexity index is 459. The van der Waals surface area contributed by atoms with Gasteiger partial charge in [-0.05, 0) is 18.9 Å². The van der Waals surface area contributed by atoms with Crippen LogP contribution in [0.1, 0.15) is 12.8 Å². The van der Waals surface area contributed by atoms with E-state index in [9.17, 15) is 0 Å². The molecule has 96 valence electrons. The van der Waals surface area contributed by atoms with E-state index in [4.69, 9.17) is 23.2 Å². The van der Waals surface area contributed by atoms with E-state index in [1.54, 1.807) is 0 Å². The van der Waals surface area contributed by atoms with E-state index >= 15 is 0 Å². The third-order valence-electron chi connectivity index (χ3n) is 4.78. The first-order valence-electron chi connectivity index (χ1n) is 6.58. The van der Waals surface area contributed by atoms with E-state index in [1.807, 2.05) is 6.08 Å². The Labute approximate surface area is 116 Å². The van der Waals surface area contributed by atoms with Gasteiger partial charge in [-0.3, -0.25) is 0 Å². The first-order valence-corrected chi connectivity index (χ1v) is 7.39. The third-order valence-corrected chi connectivity index (χ3v) is 5.65. The van der Waals surface area contributed by atoms with Crippen LogP contribution in [-0.2, 0) is 0 Å². The highest BCUT2D eigenvalue weighted by Gasteiger charge is 2.61. The summed E-state index contributed by atoms with van der Waals surface area (Å²) in [5.74, 6) is 1.11. The van der Waals surface area contributed by atoms with Gasteiger partial charge < -0.3 is 5.32 Å². The van der Waals surface area contributed by atoms with Gasteiger partial charge in [0.1, 0.15) is 0 Å². The normalized spacial score (nSPS) is 52.1. The molecule has 3 aliphatic carbocycles. The van der Waals surface area contributed by atoms with Gasteiger partial charge in [0.2, 0.25) is 0 Å². The molecule has 18 heavy (non-hydrogen) atoms. The van der Waals surface area contributed by atoms with Gasteiger partial charge in [-0.15, -0.1) is 11.6 Å². The second-order valence-corrected chi connectivity index (χ2v) is 6.64. The Hall–Kier alpha value is -0.380. The van der Waals surface area contributed by atoms with Crippen LogP contribution in [0.3, 0.4) is 0 Å². The summed E-state index contributed by atoms with van der Waals surface area (Å²) < 4.78 is 0. The van der Waals surface area contributed by atoms with E-state index in [1.165, 1.54) is 6.42 Å². The fraction of sp³-hybridized carbons (Fsp3) is 0.692. The summed E-state index contributed by atoms with van der Waals surface area (Å²) in [4.78, 5) is 0. The Morgan fingerprint density at radius 1 is 1.22 bits per heavy atom. The Morgan fingerprint density at radius 3 is 2.67 bits per heavy atom. The van der Waals surface area contributed by atoms with Crippen molar-refractivity contribution in [1.82, 2.24) is 5.32 Å². The van der Waals surface area contributed by atoms with E-state index in [-0.39, 0.29) is 5.38 Å². The van der Waals surface area contributed by atoms with Crippen molar-refractivity contribution in [2.75, 3.05) is 0 Å². The lowest BCUT2D eigenvalue weighted by Crippen LogP contribution is -2.55. The molecule has 3 nitrogen and oxygen atoms in total. The minimum absolute atomic E-state index is 0.199. The fourth-order valence-electron chi connectivity index (χ4n) is 3.85. The smallest absolute Gasteiger partial charge is 0.0996 e. The first-order chi connectivity index (χ1) is 8.74. The monoisotopic (exact) mass is 283 g/mol. The minimum atomic E-state index is 0.199. The number of azo groups is 1. The molecule has 0 spiro atoms. The SMILES string of the molecule is ClC1=CCC(NC2C(Cl)C3CC2C2N=NC32)C=C1. The molecule has 0 aromatic rings. The lowest BCUT2D eigenvalue weighted by molar-refractivity contribution is 0.231. The molecule has 1 N–H and O–H groups in total. The molecule has 0 amide bonds. The van der Waals surface area contributed by atoms with Crippen LogP contribution in [0.25, 0.3) is 0 Å². The molecule has 2 saturated carbocycles. The molecule has 1 heterocycles. The van der Waals surface area contributed by atoms with Crippen LogP contribution >= 0.6 is 23.2 Å². The maximum atomic E-state index is 6.59. The second-order valence-electron chi connectivity index (χ2n) is 5.70. The maximum absolute atomic E-state index is 6.59. The van der Waals surface area contributed by atoms with E-state index in [0.29, 0.717) is 36.0 Å². The molecule has 0 radical (unpaired) electrons. The molecule has 7 atom stereocenters. The quantitative estimate of drug-likeness (QED) is 0.778. The molecule has 0 aromatic heterocycles. The highest BCUT2D eigenvalue weighted by atomic mass is 35.5. The number of nitrogens with one attached hydrogen (secondary N) is 1. The van der Waals surface area contributed by atoms with Gasteiger partial charge in [-0.1, -0.05) is 23.8 Å². The summed E-state index contributed by atoms with van der Waals surface area (Å²) in [5, 5.41) is 13.2. The summed E-state index contributed by atoms with van der Waals surface area (Å²) in [6.07, 6.45) is 8.29. The number of fused-ring (bicyclic) bond motifs is 5. The van der Waals surface area contributed by atoms with Gasteiger partial charge in [-0.2, -0.15) is 10.2 Å². The number of hydrogen-bond acceptors (Lipinski definition) is 3. The zero-order valence-electron chi connectivity index (χ0n) is 9.84. The maximum Gasteiger partial charge on any atom is 0.0996 e. The number of nitrogens with zero attached hydrogens (tertiary/aromatic N) is 2. The minimum Gasteiger partial charge on any atom is -0.306 e. The molecule has 7 unspecified atom stereocenters. The zero-order valence-corrected chi connectivity index (χ0v) is 11.3. The van der Waals surface area contributed by atoms with Gasteiger partial charge in [0.25, 0.3) is 0 Å². The predicted octanol–water partition coefficient (Wildman–Crippen LogP) is 2.86. The molecular weight excluding hydrogens is 269 g/mol. The number of allylic oxidation sites excluding steroid dienone is 2. The van der Waals surface area contributed by atoms with E-state index in [2.05, 4.69) is 27.7 Å². The Kier molecular flexibility index (Phi) is 2.58. The van der Waals surface area contributed by atoms with Crippen molar-refractivity contribution in [3.8, 4) is 0 Å². The highest BCUT2D eigenvalue weighted by Crippen LogP contribution is 2.53. The Morgan fingerprint density at radius 2 is 2.00 bits per heavy atom. The molecule has 0 aromatic carbocycles. The van der Waals surface area contributed by atoms with Crippen LogP contribution in [-0.4, -0.2) is 29.5 Å². The van der Waals surface area contributed by atoms with Crippen LogP contribution in [0.4, 0.5) is 0 Å². The van der Waals surface area contributed by atoms with Gasteiger partial charge in [0.05, 0.1) is 17.5 Å². The van der Waals surface area contributed by atoms with Crippen molar-refractivity contribution >= 4 is 23.2 Å². The van der Waals surface area contributed by atoms with Crippen molar-refractivity contribution in [1.29, 1.82) is 0 Å². The average molecular weight is 284 g/mol. The second kappa shape index (κ2) is 4.06. The molecular formula is C13H15Cl2N3. The molecule has 2 bridgehead atoms. The number of halogens is 2. The third kappa shape index (κ3) is 1.54. The molecule has 5 heteroatoms. The van der Waals surface area contributed by atoms with Gasteiger partial charge in [-0.25, -0.2) is 0 Å². The van der Waals surface area contributed by atoms with Crippen molar-refractivity contribution in [3.63, 3.8) is 0 Å². The van der Waals surface area contributed by atoms with Crippen LogP contribution in [0.2, 0.25) is 0 Å². The fourth-order valence-corrected chi connectivity index (χ4v) is 4.53. The lowest BCUT2D eigenvalue weighted by Gasteiger charge is -2.39. The standard InChI is InChI=1S/C13H15Cl2N3/c14-6-1-3-7(4-2-6)16-11-9-5-8(10(11)15)12-13(9)18-17-12/h1-3,7-13,16H,4-5H2. The molecule has 4 rings (SSSR count). The van der Waals surface area contributed by atoms with Crippen LogP contribution in [0, 0.1) is 11.8 Å². The van der Waals surface area contributed by atoms with Crippen molar-refractivity contribution in [2.45, 2.75) is 42.4 Å². The average Bonchev–Trinajstić information content (AvgIpc) is 2.73. The summed E-state index contributed by atoms with van der Waals surface area (Å²) >= 11 is 12.5. The molecule has 1 aliphatic heterocycles. The topological polar surface area (TPSA) is 36.8 Å². The van der Waals surface area contributed by atoms with Crippen molar-refractivity contribution in [3.05, 3.63) is 23.3 Å². The van der Waals surface area contributed by atoms with Gasteiger partial charge >= 0.3 is 0 Å². The van der Waals surface area contributed by atoms with Crippen molar-refractivity contribution in [2.24, 2.45) is 22.1 Å². The summed E-state index contributed by atoms with van der Waals surface area (Å²) in [5.41, 5.74) is 0.